The molecule has 0 amide bonds. The molecule has 3 aromatic carbocycles. The van der Waals surface area contributed by atoms with Crippen molar-refractivity contribution < 1.29 is 18.8 Å². The van der Waals surface area contributed by atoms with E-state index in [1.165, 1.54) is 17.5 Å². The lowest BCUT2D eigenvalue weighted by atomic mass is 9.91. The van der Waals surface area contributed by atoms with Gasteiger partial charge in [-0.1, -0.05) is 99.6 Å². The maximum Gasteiger partial charge on any atom is 0.379 e. The van der Waals surface area contributed by atoms with Crippen LogP contribution in [0, 0.1) is 0 Å². The van der Waals surface area contributed by atoms with Gasteiger partial charge >= 0.3 is 5.97 Å². The molecule has 1 unspecified atom stereocenters. The normalized spacial score (nSPS) is 15.5. The van der Waals surface area contributed by atoms with Gasteiger partial charge in [0, 0.05) is 30.7 Å². The third kappa shape index (κ3) is 4.24. The summed E-state index contributed by atoms with van der Waals surface area (Å²) in [6.45, 7) is 8.21. The van der Waals surface area contributed by atoms with Gasteiger partial charge in [0.05, 0.1) is 18.2 Å². The molecule has 0 saturated heterocycles. The summed E-state index contributed by atoms with van der Waals surface area (Å²) in [6, 6.07) is 27.4. The van der Waals surface area contributed by atoms with Crippen molar-refractivity contribution in [3.63, 3.8) is 0 Å². The standard InChI is InChI=1S/C31H33NO4Si/c1-31(2,3)37(23-12-7-5-8-13-23,24-14-9-6-10-15-24)36-21-22-18-19-32-20-27(29(33)30(34)35-4)26-17-11-16-25(22)28(26)32/h5-17,20,22H,18-19,21H2,1-4H3. The van der Waals surface area contributed by atoms with Crippen molar-refractivity contribution in [1.82, 2.24) is 4.57 Å². The summed E-state index contributed by atoms with van der Waals surface area (Å²) in [5.41, 5.74) is 2.57. The van der Waals surface area contributed by atoms with Gasteiger partial charge in [-0.05, 0) is 27.4 Å². The largest absolute Gasteiger partial charge is 0.463 e. The number of carbonyl (C=O) groups is 2. The number of carbonyl (C=O) groups excluding carboxylic acids is 2. The SMILES string of the molecule is COC(=O)C(=O)c1cn2c3c(cccc13)C(CO[Si](c1ccccc1)(c1ccccc1)C(C)(C)C)CC2. The Bertz CT molecular complexity index is 1400. The molecule has 1 aliphatic heterocycles. The van der Waals surface area contributed by atoms with Crippen LogP contribution >= 0.6 is 0 Å². The minimum absolute atomic E-state index is 0.100. The second-order valence-corrected chi connectivity index (χ2v) is 15.1. The fraction of sp³-hybridized carbons (Fsp3) is 0.290. The number of methoxy groups -OCH3 is 1. The molecule has 1 aliphatic rings. The number of hydrogen-bond donors (Lipinski definition) is 0. The summed E-state index contributed by atoms with van der Waals surface area (Å²) in [6.07, 6.45) is 2.69. The van der Waals surface area contributed by atoms with Crippen LogP contribution in [0.3, 0.4) is 0 Å². The summed E-state index contributed by atoms with van der Waals surface area (Å²) in [7, 11) is -1.43. The molecule has 5 nitrogen and oxygen atoms in total. The Kier molecular flexibility index (Phi) is 6.64. The molecule has 0 fully saturated rings. The van der Waals surface area contributed by atoms with E-state index in [-0.39, 0.29) is 11.0 Å². The van der Waals surface area contributed by atoms with Gasteiger partial charge in [-0.15, -0.1) is 0 Å². The Morgan fingerprint density at radius 2 is 1.54 bits per heavy atom. The number of aromatic nitrogens is 1. The molecule has 0 saturated carbocycles. The van der Waals surface area contributed by atoms with Gasteiger partial charge in [-0.2, -0.15) is 0 Å². The minimum Gasteiger partial charge on any atom is -0.463 e. The number of esters is 1. The van der Waals surface area contributed by atoms with Gasteiger partial charge in [0.15, 0.2) is 0 Å². The molecular weight excluding hydrogens is 478 g/mol. The van der Waals surface area contributed by atoms with Gasteiger partial charge in [-0.25, -0.2) is 4.79 Å². The van der Waals surface area contributed by atoms with Gasteiger partial charge in [-0.3, -0.25) is 4.79 Å². The second-order valence-electron chi connectivity index (χ2n) is 10.8. The van der Waals surface area contributed by atoms with E-state index in [1.54, 1.807) is 6.20 Å². The van der Waals surface area contributed by atoms with E-state index in [9.17, 15) is 9.59 Å². The predicted molar refractivity (Wildman–Crippen MR) is 149 cm³/mol. The van der Waals surface area contributed by atoms with Crippen LogP contribution in [-0.4, -0.2) is 38.4 Å². The predicted octanol–water partition coefficient (Wildman–Crippen LogP) is 5.06. The zero-order valence-corrected chi connectivity index (χ0v) is 22.9. The van der Waals surface area contributed by atoms with Gasteiger partial charge in [0.1, 0.15) is 0 Å². The topological polar surface area (TPSA) is 57.5 Å². The highest BCUT2D eigenvalue weighted by atomic mass is 28.4. The maximum absolute atomic E-state index is 12.7. The number of hydrogen-bond acceptors (Lipinski definition) is 4. The van der Waals surface area contributed by atoms with Crippen molar-refractivity contribution in [3.8, 4) is 0 Å². The number of para-hydroxylation sites is 1. The molecule has 6 heteroatoms. The number of ether oxygens (including phenoxy) is 1. The fourth-order valence-corrected chi connectivity index (χ4v) is 10.5. The van der Waals surface area contributed by atoms with Gasteiger partial charge < -0.3 is 13.7 Å². The molecule has 0 radical (unpaired) electrons. The van der Waals surface area contributed by atoms with E-state index in [2.05, 4.69) is 92.1 Å². The Balaban J connectivity index is 1.56. The monoisotopic (exact) mass is 511 g/mol. The molecular formula is C31H33NO4Si. The lowest BCUT2D eigenvalue weighted by Crippen LogP contribution is -2.66. The first kappa shape index (κ1) is 25.2. The molecule has 5 rings (SSSR count). The molecule has 4 aromatic rings. The minimum atomic E-state index is -2.66. The van der Waals surface area contributed by atoms with Crippen molar-refractivity contribution in [2.24, 2.45) is 0 Å². The van der Waals surface area contributed by atoms with Gasteiger partial charge in [0.25, 0.3) is 14.1 Å². The third-order valence-corrected chi connectivity index (χ3v) is 12.6. The first-order valence-electron chi connectivity index (χ1n) is 12.8. The Morgan fingerprint density at radius 1 is 0.919 bits per heavy atom. The number of benzene rings is 3. The van der Waals surface area contributed by atoms with Crippen LogP contribution in [0.25, 0.3) is 10.9 Å². The van der Waals surface area contributed by atoms with Crippen LogP contribution in [0.5, 0.6) is 0 Å². The molecule has 0 bridgehead atoms. The van der Waals surface area contributed by atoms with Crippen LogP contribution in [0.15, 0.2) is 85.1 Å². The first-order chi connectivity index (χ1) is 17.8. The first-order valence-corrected chi connectivity index (χ1v) is 14.7. The maximum atomic E-state index is 12.7. The molecule has 1 aromatic heterocycles. The molecule has 2 heterocycles. The highest BCUT2D eigenvalue weighted by molar-refractivity contribution is 6.99. The lowest BCUT2D eigenvalue weighted by molar-refractivity contribution is -0.135. The van der Waals surface area contributed by atoms with E-state index in [1.807, 2.05) is 12.1 Å². The average Bonchev–Trinajstić information content (AvgIpc) is 3.29. The summed E-state index contributed by atoms with van der Waals surface area (Å²) in [5, 5.41) is 3.22. The van der Waals surface area contributed by atoms with E-state index >= 15 is 0 Å². The summed E-state index contributed by atoms with van der Waals surface area (Å²) < 4.78 is 14.1. The molecule has 37 heavy (non-hydrogen) atoms. The summed E-state index contributed by atoms with van der Waals surface area (Å²) in [5.74, 6) is -1.27. The fourth-order valence-electron chi connectivity index (χ4n) is 5.89. The third-order valence-electron chi connectivity index (χ3n) is 7.62. The van der Waals surface area contributed by atoms with Crippen molar-refractivity contribution in [2.75, 3.05) is 13.7 Å². The van der Waals surface area contributed by atoms with E-state index in [0.717, 1.165) is 29.4 Å². The zero-order valence-electron chi connectivity index (χ0n) is 21.9. The van der Waals surface area contributed by atoms with Crippen molar-refractivity contribution in [3.05, 3.63) is 96.2 Å². The lowest BCUT2D eigenvalue weighted by Gasteiger charge is -2.44. The Hall–Kier alpha value is -3.48. The van der Waals surface area contributed by atoms with Crippen molar-refractivity contribution in [2.45, 2.75) is 44.7 Å². The average molecular weight is 512 g/mol. The quantitative estimate of drug-likeness (QED) is 0.151. The summed E-state index contributed by atoms with van der Waals surface area (Å²) in [4.78, 5) is 24.7. The van der Waals surface area contributed by atoms with Crippen LogP contribution in [0.2, 0.25) is 5.04 Å². The smallest absolute Gasteiger partial charge is 0.379 e. The van der Waals surface area contributed by atoms with Crippen LogP contribution in [0.4, 0.5) is 0 Å². The second kappa shape index (κ2) is 9.76. The van der Waals surface area contributed by atoms with Crippen LogP contribution in [0.1, 0.15) is 49.0 Å². The molecule has 0 aliphatic carbocycles. The number of ketones is 1. The molecule has 0 N–H and O–H groups in total. The summed E-state index contributed by atoms with van der Waals surface area (Å²) >= 11 is 0. The highest BCUT2D eigenvalue weighted by Crippen LogP contribution is 2.40. The Morgan fingerprint density at radius 3 is 2.11 bits per heavy atom. The van der Waals surface area contributed by atoms with Crippen LogP contribution < -0.4 is 10.4 Å². The van der Waals surface area contributed by atoms with E-state index in [4.69, 9.17) is 9.16 Å². The number of Topliss-reactive ketones (excluding diaryl/α,β-unsaturated/α-hetero) is 1. The molecule has 190 valence electrons. The Labute approximate surface area is 219 Å². The highest BCUT2D eigenvalue weighted by Gasteiger charge is 2.50. The van der Waals surface area contributed by atoms with E-state index in [0.29, 0.717) is 12.2 Å². The number of rotatable bonds is 7. The molecule has 1 atom stereocenters. The van der Waals surface area contributed by atoms with Crippen molar-refractivity contribution >= 4 is 41.3 Å². The number of nitrogens with zero attached hydrogens (tertiary/aromatic N) is 1. The van der Waals surface area contributed by atoms with Gasteiger partial charge in [0.2, 0.25) is 0 Å². The van der Waals surface area contributed by atoms with Crippen LogP contribution in [-0.2, 0) is 20.5 Å². The van der Waals surface area contributed by atoms with E-state index < -0.39 is 20.1 Å². The zero-order chi connectivity index (χ0) is 26.2. The number of aryl methyl sites for hydroxylation is 1. The van der Waals surface area contributed by atoms with Crippen molar-refractivity contribution in [1.29, 1.82) is 0 Å². The molecule has 0 spiro atoms.